The molecule has 1 aromatic heterocycles. The average Bonchev–Trinajstić information content (AvgIpc) is 3.48. The van der Waals surface area contributed by atoms with Gasteiger partial charge >= 0.3 is 13.6 Å². The predicted molar refractivity (Wildman–Crippen MR) is 201 cm³/mol. The minimum Gasteiger partial charge on any atom is -0.497 e. The Morgan fingerprint density at radius 1 is 0.887 bits per heavy atom. The molecule has 3 N–H and O–H groups in total. The molecule has 4 aromatic rings. The molecule has 1 saturated heterocycles. The number of aromatic amines is 1. The molecule has 0 spiro atoms. The van der Waals surface area contributed by atoms with Gasteiger partial charge in [0.25, 0.3) is 5.56 Å². The van der Waals surface area contributed by atoms with Crippen molar-refractivity contribution in [2.24, 2.45) is 0 Å². The number of aromatic nitrogens is 2. The van der Waals surface area contributed by atoms with Crippen LogP contribution < -0.4 is 20.7 Å². The van der Waals surface area contributed by atoms with Crippen molar-refractivity contribution in [2.75, 3.05) is 27.0 Å². The number of hydrogen-bond donors (Lipinski definition) is 3. The normalized spacial score (nSPS) is 20.0. The van der Waals surface area contributed by atoms with Crippen LogP contribution in [0.4, 0.5) is 0 Å². The number of nitrogens with zero attached hydrogens (tertiary/aromatic N) is 3. The molecule has 1 aliphatic heterocycles. The summed E-state index contributed by atoms with van der Waals surface area (Å²) in [5, 5.41) is 20.5. The summed E-state index contributed by atoms with van der Waals surface area (Å²) in [5.41, 5.74) is -0.765. The van der Waals surface area contributed by atoms with E-state index in [0.717, 1.165) is 0 Å². The molecule has 0 aliphatic carbocycles. The number of nitriles is 1. The molecule has 0 amide bonds. The Morgan fingerprint density at radius 3 is 1.91 bits per heavy atom. The smallest absolute Gasteiger partial charge is 0.347 e. The molecular weight excluding hydrogens is 699 g/mol. The number of nitrogens with one attached hydrogen (secondary N) is 1. The molecule has 0 bridgehead atoms. The second-order valence-corrected chi connectivity index (χ2v) is 15.7. The molecule has 1 unspecified atom stereocenters. The standard InChI is InChI=1S/C39H47N4O9P/c1-26(2)43(27(3)4)53(47,24-10-22-40)52-35-33(25-44)50-37(42-23-21-34(45)41-38(42)46)36(35)51-39(28-11-8-7-9-12-28,29-13-17-31(48-5)18-14-29)30-15-19-32(49-6)20-16-30/h7-9,11-21,23,26-27,33,35-37,44,47H,10,24-25H2,1-6H3/p+1/t33-,35-,36-,37-,53?/m1/s1. The van der Waals surface area contributed by atoms with Crippen molar-refractivity contribution >= 4 is 7.87 Å². The van der Waals surface area contributed by atoms with E-state index >= 15 is 0 Å². The average molecular weight is 748 g/mol. The van der Waals surface area contributed by atoms with Crippen LogP contribution in [-0.4, -0.2) is 81.6 Å². The zero-order valence-electron chi connectivity index (χ0n) is 30.8. The van der Waals surface area contributed by atoms with E-state index in [0.29, 0.717) is 28.2 Å². The molecule has 2 heterocycles. The first-order chi connectivity index (χ1) is 25.4. The second kappa shape index (κ2) is 17.2. The highest BCUT2D eigenvalue weighted by molar-refractivity contribution is 7.63. The van der Waals surface area contributed by atoms with Gasteiger partial charge in [0, 0.05) is 24.3 Å². The van der Waals surface area contributed by atoms with E-state index in [1.165, 1.54) is 16.8 Å². The van der Waals surface area contributed by atoms with E-state index in [9.17, 15) is 24.9 Å². The van der Waals surface area contributed by atoms with Gasteiger partial charge in [0.05, 0.1) is 33.3 Å². The summed E-state index contributed by atoms with van der Waals surface area (Å²) in [6.07, 6.45) is -3.50. The van der Waals surface area contributed by atoms with Crippen molar-refractivity contribution in [3.8, 4) is 17.6 Å². The molecule has 53 heavy (non-hydrogen) atoms. The number of aliphatic hydroxyl groups excluding tert-OH is 1. The van der Waals surface area contributed by atoms with Gasteiger partial charge in [-0.3, -0.25) is 14.3 Å². The first-order valence-corrected chi connectivity index (χ1v) is 19.3. The van der Waals surface area contributed by atoms with Crippen LogP contribution >= 0.6 is 7.87 Å². The summed E-state index contributed by atoms with van der Waals surface area (Å²) >= 11 is 0. The maximum Gasteiger partial charge on any atom is 0.347 e. The third-order valence-corrected chi connectivity index (χ3v) is 12.3. The number of benzene rings is 3. The summed E-state index contributed by atoms with van der Waals surface area (Å²) in [6.45, 7) is 7.16. The van der Waals surface area contributed by atoms with Crippen molar-refractivity contribution < 1.29 is 33.5 Å². The summed E-state index contributed by atoms with van der Waals surface area (Å²) in [5.74, 6) is 1.23. The third-order valence-electron chi connectivity index (χ3n) is 9.30. The lowest BCUT2D eigenvalue weighted by molar-refractivity contribution is -0.122. The van der Waals surface area contributed by atoms with Crippen molar-refractivity contribution in [1.82, 2.24) is 14.2 Å². The first kappa shape index (κ1) is 39.8. The summed E-state index contributed by atoms with van der Waals surface area (Å²) in [7, 11) is -0.472. The molecule has 5 rings (SSSR count). The number of hydrogen-bond acceptors (Lipinski definition) is 11. The van der Waals surface area contributed by atoms with Crippen LogP contribution in [0, 0.1) is 11.3 Å². The van der Waals surface area contributed by atoms with Gasteiger partial charge in [0.1, 0.15) is 35.5 Å². The number of methoxy groups -OCH3 is 2. The van der Waals surface area contributed by atoms with Crippen LogP contribution in [0.5, 0.6) is 11.5 Å². The van der Waals surface area contributed by atoms with Crippen LogP contribution in [0.2, 0.25) is 0 Å². The Kier molecular flexibility index (Phi) is 12.9. The molecule has 3 aromatic carbocycles. The quantitative estimate of drug-likeness (QED) is 0.104. The zero-order chi connectivity index (χ0) is 38.3. The molecule has 0 saturated carbocycles. The molecular formula is C39H48N4O9P+. The van der Waals surface area contributed by atoms with Crippen LogP contribution in [0.15, 0.2) is 101 Å². The summed E-state index contributed by atoms with van der Waals surface area (Å²) in [4.78, 5) is 40.5. The van der Waals surface area contributed by atoms with E-state index < -0.39 is 55.9 Å². The van der Waals surface area contributed by atoms with Crippen LogP contribution in [0.1, 0.15) is 57.0 Å². The van der Waals surface area contributed by atoms with Gasteiger partial charge in [-0.15, -0.1) is 4.67 Å². The fourth-order valence-corrected chi connectivity index (χ4v) is 10.0. The molecule has 1 fully saturated rings. The highest BCUT2D eigenvalue weighted by atomic mass is 31.2. The van der Waals surface area contributed by atoms with Gasteiger partial charge in [0.15, 0.2) is 12.3 Å². The fraction of sp³-hybridized carbons (Fsp3) is 0.410. The largest absolute Gasteiger partial charge is 0.497 e. The summed E-state index contributed by atoms with van der Waals surface area (Å²) < 4.78 is 34.8. The topological polar surface area (TPSA) is 168 Å². The van der Waals surface area contributed by atoms with Crippen molar-refractivity contribution in [1.29, 1.82) is 5.26 Å². The van der Waals surface area contributed by atoms with E-state index in [2.05, 4.69) is 11.1 Å². The van der Waals surface area contributed by atoms with Gasteiger partial charge in [-0.25, -0.2) is 9.69 Å². The Morgan fingerprint density at radius 2 is 1.43 bits per heavy atom. The lowest BCUT2D eigenvalue weighted by atomic mass is 9.79. The molecule has 282 valence electrons. The van der Waals surface area contributed by atoms with Gasteiger partial charge < -0.3 is 24.1 Å². The highest BCUT2D eigenvalue weighted by Gasteiger charge is 2.59. The van der Waals surface area contributed by atoms with Crippen molar-refractivity contribution in [2.45, 2.75) is 76.3 Å². The second-order valence-electron chi connectivity index (χ2n) is 13.3. The summed E-state index contributed by atoms with van der Waals surface area (Å²) in [6, 6.07) is 27.2. The lowest BCUT2D eigenvalue weighted by Crippen LogP contribution is -2.48. The predicted octanol–water partition coefficient (Wildman–Crippen LogP) is 4.99. The van der Waals surface area contributed by atoms with E-state index in [1.807, 2.05) is 111 Å². The number of rotatable bonds is 16. The molecule has 5 atom stereocenters. The molecule has 14 heteroatoms. The Bertz CT molecular complexity index is 1890. The van der Waals surface area contributed by atoms with Gasteiger partial charge in [-0.2, -0.15) is 9.79 Å². The van der Waals surface area contributed by atoms with Crippen LogP contribution in [0.3, 0.4) is 0 Å². The van der Waals surface area contributed by atoms with Crippen molar-refractivity contribution in [3.05, 3.63) is 129 Å². The SMILES string of the molecule is COc1ccc(C(O[C@@H]2[C@H](O[P+](O)(CCC#N)N(C(C)C)C(C)C)[C@@H](CO)O[C@H]2n2ccc(=O)[nH]c2=O)(c2ccccc2)c2ccc(OC)cc2)cc1. The van der Waals surface area contributed by atoms with Gasteiger partial charge in [0.2, 0.25) is 0 Å². The third kappa shape index (κ3) is 8.25. The molecule has 13 nitrogen and oxygen atoms in total. The van der Waals surface area contributed by atoms with Gasteiger partial charge in [-0.1, -0.05) is 54.6 Å². The minimum absolute atomic E-state index is 0.00241. The lowest BCUT2D eigenvalue weighted by Gasteiger charge is -2.41. The Labute approximate surface area is 309 Å². The number of ether oxygens (including phenoxy) is 4. The zero-order valence-corrected chi connectivity index (χ0v) is 31.7. The van der Waals surface area contributed by atoms with Crippen molar-refractivity contribution in [3.63, 3.8) is 0 Å². The maximum absolute atomic E-state index is 13.5. The Hall–Kier alpha value is -4.38. The van der Waals surface area contributed by atoms with Crippen LogP contribution in [0.25, 0.3) is 0 Å². The monoisotopic (exact) mass is 747 g/mol. The minimum atomic E-state index is -3.62. The van der Waals surface area contributed by atoms with Gasteiger partial charge in [-0.05, 0) is 68.7 Å². The molecule has 0 radical (unpaired) electrons. The first-order valence-electron chi connectivity index (χ1n) is 17.5. The molecule has 1 aliphatic rings. The number of aliphatic hydroxyl groups is 1. The van der Waals surface area contributed by atoms with E-state index in [1.54, 1.807) is 14.2 Å². The fourth-order valence-electron chi connectivity index (χ4n) is 7.12. The van der Waals surface area contributed by atoms with E-state index in [4.69, 9.17) is 23.5 Å². The van der Waals surface area contributed by atoms with Crippen LogP contribution in [-0.2, 0) is 19.6 Å². The van der Waals surface area contributed by atoms with E-state index in [-0.39, 0.29) is 24.7 Å². The Balaban J connectivity index is 1.81. The number of H-pyrrole nitrogens is 1. The maximum atomic E-state index is 13.5. The highest BCUT2D eigenvalue weighted by Crippen LogP contribution is 2.64.